The van der Waals surface area contributed by atoms with Crippen molar-refractivity contribution in [3.63, 3.8) is 0 Å². The van der Waals surface area contributed by atoms with E-state index in [1.54, 1.807) is 7.11 Å². The first-order valence-corrected chi connectivity index (χ1v) is 10.4. The maximum Gasteiger partial charge on any atom is 0.165 e. The summed E-state index contributed by atoms with van der Waals surface area (Å²) in [6.07, 6.45) is 1.18. The number of para-hydroxylation sites is 1. The Bertz CT molecular complexity index is 692. The van der Waals surface area contributed by atoms with Crippen LogP contribution in [0, 0.1) is 16.7 Å². The van der Waals surface area contributed by atoms with E-state index in [2.05, 4.69) is 15.9 Å². The highest BCUT2D eigenvalue weighted by atomic mass is 16.5. The highest BCUT2D eigenvalue weighted by Gasteiger charge is 2.30. The fourth-order valence-corrected chi connectivity index (χ4v) is 3.88. The van der Waals surface area contributed by atoms with Crippen molar-refractivity contribution in [2.24, 2.45) is 5.41 Å². The molecular formula is C22H33N3O4. The molecule has 2 saturated heterocycles. The molecule has 1 atom stereocenters. The van der Waals surface area contributed by atoms with Crippen LogP contribution >= 0.6 is 0 Å². The summed E-state index contributed by atoms with van der Waals surface area (Å²) in [5.74, 6) is 1.38. The summed E-state index contributed by atoms with van der Waals surface area (Å²) in [5, 5.41) is 19.8. The van der Waals surface area contributed by atoms with Crippen LogP contribution in [0.1, 0.15) is 25.3 Å². The second kappa shape index (κ2) is 10.3. The van der Waals surface area contributed by atoms with E-state index in [1.807, 2.05) is 25.1 Å². The Labute approximate surface area is 173 Å². The molecule has 3 rings (SSSR count). The fourth-order valence-electron chi connectivity index (χ4n) is 3.88. The summed E-state index contributed by atoms with van der Waals surface area (Å²) < 4.78 is 16.9. The number of likely N-dealkylation sites (tertiary alicyclic amines) is 1. The predicted molar refractivity (Wildman–Crippen MR) is 110 cm³/mol. The quantitative estimate of drug-likeness (QED) is 0.710. The number of aliphatic hydroxyl groups is 1. The number of ether oxygens (including phenoxy) is 3. The highest BCUT2D eigenvalue weighted by molar-refractivity contribution is 5.46. The van der Waals surface area contributed by atoms with Crippen molar-refractivity contribution in [2.75, 3.05) is 59.7 Å². The zero-order valence-electron chi connectivity index (χ0n) is 17.6. The summed E-state index contributed by atoms with van der Waals surface area (Å²) in [4.78, 5) is 4.55. The number of benzene rings is 1. The molecule has 2 aliphatic rings. The van der Waals surface area contributed by atoms with Crippen LogP contribution in [-0.4, -0.2) is 80.7 Å². The number of β-amino-alcohol motifs (C(OH)–C–C–N with tert-alkyl or cyclic N) is 1. The largest absolute Gasteiger partial charge is 0.493 e. The molecule has 1 aromatic carbocycles. The molecule has 2 fully saturated rings. The Hall–Kier alpha value is -1.85. The molecule has 0 aliphatic carbocycles. The molecule has 0 aromatic heterocycles. The summed E-state index contributed by atoms with van der Waals surface area (Å²) >= 11 is 0. The van der Waals surface area contributed by atoms with Gasteiger partial charge in [0.1, 0.15) is 12.7 Å². The molecule has 0 radical (unpaired) electrons. The van der Waals surface area contributed by atoms with Gasteiger partial charge in [0.2, 0.25) is 0 Å². The van der Waals surface area contributed by atoms with Crippen molar-refractivity contribution in [3.05, 3.63) is 23.8 Å². The molecule has 1 unspecified atom stereocenters. The first-order valence-electron chi connectivity index (χ1n) is 10.4. The second-order valence-corrected chi connectivity index (χ2v) is 8.27. The summed E-state index contributed by atoms with van der Waals surface area (Å²) in [7, 11) is 1.63. The molecule has 0 bridgehead atoms. The number of nitrogens with zero attached hydrogens (tertiary/aromatic N) is 3. The zero-order valence-corrected chi connectivity index (χ0v) is 17.6. The van der Waals surface area contributed by atoms with E-state index >= 15 is 0 Å². The fraction of sp³-hybridized carbons (Fsp3) is 0.682. The number of morpholine rings is 1. The number of methoxy groups -OCH3 is 1. The second-order valence-electron chi connectivity index (χ2n) is 8.27. The predicted octanol–water partition coefficient (Wildman–Crippen LogP) is 1.89. The van der Waals surface area contributed by atoms with Gasteiger partial charge in [-0.2, -0.15) is 5.26 Å². The molecule has 1 aromatic rings. The zero-order chi connectivity index (χ0) is 20.7. The van der Waals surface area contributed by atoms with Gasteiger partial charge >= 0.3 is 0 Å². The van der Waals surface area contributed by atoms with Crippen LogP contribution in [0.2, 0.25) is 0 Å². The van der Waals surface area contributed by atoms with Crippen LogP contribution < -0.4 is 9.47 Å². The summed E-state index contributed by atoms with van der Waals surface area (Å²) in [6, 6.07) is 8.35. The molecule has 7 heteroatoms. The Kier molecular flexibility index (Phi) is 7.73. The van der Waals surface area contributed by atoms with Crippen molar-refractivity contribution in [1.29, 1.82) is 5.26 Å². The summed E-state index contributed by atoms with van der Waals surface area (Å²) in [6.45, 7) is 8.47. The van der Waals surface area contributed by atoms with Gasteiger partial charge < -0.3 is 19.3 Å². The molecule has 0 saturated carbocycles. The van der Waals surface area contributed by atoms with Gasteiger partial charge in [-0.05, 0) is 38.9 Å². The smallest absolute Gasteiger partial charge is 0.165 e. The molecular weight excluding hydrogens is 370 g/mol. The lowest BCUT2D eigenvalue weighted by Gasteiger charge is -2.35. The first kappa shape index (κ1) is 21.8. The lowest BCUT2D eigenvalue weighted by molar-refractivity contribution is 0.00428. The third kappa shape index (κ3) is 6.06. The van der Waals surface area contributed by atoms with E-state index in [9.17, 15) is 10.4 Å². The van der Waals surface area contributed by atoms with Gasteiger partial charge in [-0.3, -0.25) is 9.80 Å². The third-order valence-corrected chi connectivity index (χ3v) is 5.90. The minimum atomic E-state index is -0.572. The van der Waals surface area contributed by atoms with Crippen LogP contribution in [-0.2, 0) is 11.3 Å². The Balaban J connectivity index is 1.59. The van der Waals surface area contributed by atoms with E-state index in [1.165, 1.54) is 0 Å². The Morgan fingerprint density at radius 2 is 1.93 bits per heavy atom. The first-order chi connectivity index (χ1) is 14.0. The maximum atomic E-state index is 10.4. The van der Waals surface area contributed by atoms with E-state index < -0.39 is 6.10 Å². The van der Waals surface area contributed by atoms with Crippen LogP contribution in [0.15, 0.2) is 18.2 Å². The molecule has 2 heterocycles. The maximum absolute atomic E-state index is 10.4. The van der Waals surface area contributed by atoms with Crippen molar-refractivity contribution < 1.29 is 19.3 Å². The molecule has 0 spiro atoms. The van der Waals surface area contributed by atoms with Crippen LogP contribution in [0.3, 0.4) is 0 Å². The SMILES string of the molecule is COc1cccc(CN2CCC(C)(C#N)CC2)c1OCC(O)CN1CCOCC1. The normalized spacial score (nSPS) is 21.3. The van der Waals surface area contributed by atoms with Gasteiger partial charge in [0.15, 0.2) is 11.5 Å². The van der Waals surface area contributed by atoms with Crippen LogP contribution in [0.25, 0.3) is 0 Å². The third-order valence-electron chi connectivity index (χ3n) is 5.90. The van der Waals surface area contributed by atoms with Crippen molar-refractivity contribution in [3.8, 4) is 17.6 Å². The molecule has 2 aliphatic heterocycles. The van der Waals surface area contributed by atoms with Crippen LogP contribution in [0.5, 0.6) is 11.5 Å². The van der Waals surface area contributed by atoms with Gasteiger partial charge in [-0.1, -0.05) is 12.1 Å². The van der Waals surface area contributed by atoms with Gasteiger partial charge in [0.25, 0.3) is 0 Å². The Morgan fingerprint density at radius 3 is 2.59 bits per heavy atom. The lowest BCUT2D eigenvalue weighted by atomic mass is 9.82. The van der Waals surface area contributed by atoms with E-state index in [4.69, 9.17) is 14.2 Å². The summed E-state index contributed by atoms with van der Waals surface area (Å²) in [5.41, 5.74) is 0.830. The van der Waals surface area contributed by atoms with E-state index in [-0.39, 0.29) is 12.0 Å². The number of hydrogen-bond donors (Lipinski definition) is 1. The van der Waals surface area contributed by atoms with Gasteiger partial charge in [0.05, 0.1) is 31.8 Å². The lowest BCUT2D eigenvalue weighted by Crippen LogP contribution is -2.42. The minimum Gasteiger partial charge on any atom is -0.493 e. The Morgan fingerprint density at radius 1 is 1.21 bits per heavy atom. The number of aliphatic hydroxyl groups excluding tert-OH is 1. The van der Waals surface area contributed by atoms with E-state index in [0.29, 0.717) is 31.3 Å². The standard InChI is InChI=1S/C22H33N3O4/c1-22(17-23)6-8-24(9-7-22)14-18-4-3-5-20(27-2)21(18)29-16-19(26)15-25-10-12-28-13-11-25/h3-5,19,26H,6-16H2,1-2H3. The molecule has 1 N–H and O–H groups in total. The van der Waals surface area contributed by atoms with Gasteiger partial charge in [-0.25, -0.2) is 0 Å². The van der Waals surface area contributed by atoms with Gasteiger partial charge in [-0.15, -0.1) is 0 Å². The minimum absolute atomic E-state index is 0.214. The number of nitriles is 1. The van der Waals surface area contributed by atoms with Crippen LogP contribution in [0.4, 0.5) is 0 Å². The van der Waals surface area contributed by atoms with Gasteiger partial charge in [0, 0.05) is 31.7 Å². The average molecular weight is 404 g/mol. The van der Waals surface area contributed by atoms with Crippen molar-refractivity contribution in [1.82, 2.24) is 9.80 Å². The molecule has 160 valence electrons. The molecule has 7 nitrogen and oxygen atoms in total. The molecule has 0 amide bonds. The number of piperidine rings is 1. The topological polar surface area (TPSA) is 78.2 Å². The van der Waals surface area contributed by atoms with Crippen molar-refractivity contribution >= 4 is 0 Å². The molecule has 29 heavy (non-hydrogen) atoms. The number of hydrogen-bond acceptors (Lipinski definition) is 7. The van der Waals surface area contributed by atoms with Crippen molar-refractivity contribution in [2.45, 2.75) is 32.4 Å². The number of rotatable bonds is 8. The average Bonchev–Trinajstić information content (AvgIpc) is 2.75. The monoisotopic (exact) mass is 403 g/mol. The van der Waals surface area contributed by atoms with E-state index in [0.717, 1.165) is 51.1 Å². The highest BCUT2D eigenvalue weighted by Crippen LogP contribution is 2.35.